The number of aryl methyl sites for hydroxylation is 2. The molecule has 0 spiro atoms. The van der Waals surface area contributed by atoms with Crippen LogP contribution in [0.15, 0.2) is 47.5 Å². The van der Waals surface area contributed by atoms with E-state index in [2.05, 4.69) is 15.3 Å². The molecule has 1 aliphatic heterocycles. The maximum Gasteiger partial charge on any atom is 0.242 e. The van der Waals surface area contributed by atoms with Crippen LogP contribution in [0, 0.1) is 13.8 Å². The first-order valence-corrected chi connectivity index (χ1v) is 10.9. The number of benzene rings is 2. The molecule has 2 aromatic carbocycles. The van der Waals surface area contributed by atoms with Gasteiger partial charge >= 0.3 is 0 Å². The monoisotopic (exact) mass is 424 g/mol. The van der Waals surface area contributed by atoms with Gasteiger partial charge in [-0.05, 0) is 49.2 Å². The predicted octanol–water partition coefficient (Wildman–Crippen LogP) is 4.50. The van der Waals surface area contributed by atoms with Crippen LogP contribution in [-0.4, -0.2) is 39.2 Å². The Labute approximate surface area is 177 Å². The average molecular weight is 425 g/mol. The number of hydrogen-bond donors (Lipinski definition) is 1. The van der Waals surface area contributed by atoms with Gasteiger partial charge in [-0.25, -0.2) is 4.98 Å². The van der Waals surface area contributed by atoms with E-state index in [4.69, 9.17) is 0 Å². The number of amidine groups is 1. The number of rotatable bonds is 4. The van der Waals surface area contributed by atoms with Crippen LogP contribution < -0.4 is 5.32 Å². The third-order valence-electron chi connectivity index (χ3n) is 4.78. The number of para-hydroxylation sites is 1. The number of hydrogen-bond acceptors (Lipinski definition) is 6. The van der Waals surface area contributed by atoms with Crippen LogP contribution in [-0.2, 0) is 9.59 Å². The van der Waals surface area contributed by atoms with Crippen LogP contribution in [0.4, 0.5) is 10.8 Å². The molecule has 1 N–H and O–H groups in total. The van der Waals surface area contributed by atoms with Gasteiger partial charge in [0.05, 0.1) is 10.2 Å². The Balaban J connectivity index is 1.45. The first kappa shape index (κ1) is 19.6. The minimum Gasteiger partial charge on any atom is -0.326 e. The highest BCUT2D eigenvalue weighted by Crippen LogP contribution is 2.33. The Morgan fingerprint density at radius 3 is 2.76 bits per heavy atom. The lowest BCUT2D eigenvalue weighted by atomic mass is 10.1. The lowest BCUT2D eigenvalue weighted by Gasteiger charge is -2.10. The van der Waals surface area contributed by atoms with Crippen molar-refractivity contribution in [3.8, 4) is 0 Å². The first-order chi connectivity index (χ1) is 13.9. The number of thiazole rings is 1. The first-order valence-electron chi connectivity index (χ1n) is 9.16. The lowest BCUT2D eigenvalue weighted by molar-refractivity contribution is -0.127. The van der Waals surface area contributed by atoms with Crippen molar-refractivity contribution in [3.63, 3.8) is 0 Å². The van der Waals surface area contributed by atoms with Crippen LogP contribution in [0.25, 0.3) is 10.2 Å². The smallest absolute Gasteiger partial charge is 0.242 e. The van der Waals surface area contributed by atoms with Crippen molar-refractivity contribution in [1.82, 2.24) is 9.88 Å². The van der Waals surface area contributed by atoms with Gasteiger partial charge in [-0.1, -0.05) is 41.3 Å². The number of anilines is 1. The Bertz CT molecular complexity index is 1110. The van der Waals surface area contributed by atoms with E-state index in [1.807, 2.05) is 56.3 Å². The molecule has 6 nitrogen and oxygen atoms in total. The fraction of sp³-hybridized carbons (Fsp3) is 0.238. The van der Waals surface area contributed by atoms with Crippen LogP contribution in [0.1, 0.15) is 17.5 Å². The fourth-order valence-corrected chi connectivity index (χ4v) is 5.02. The molecule has 2 amide bonds. The molecule has 1 aromatic heterocycles. The van der Waals surface area contributed by atoms with Crippen molar-refractivity contribution >= 4 is 61.1 Å². The molecule has 0 radical (unpaired) electrons. The average Bonchev–Trinajstić information content (AvgIpc) is 3.21. The number of aromatic nitrogens is 1. The SMILES string of the molecule is Cc1ccc(NC(=O)C[C@H]2SC(=Nc3nc4ccccc4s3)N(C)C2=O)cc1C. The summed E-state index contributed by atoms with van der Waals surface area (Å²) in [4.78, 5) is 35.6. The highest BCUT2D eigenvalue weighted by Gasteiger charge is 2.37. The summed E-state index contributed by atoms with van der Waals surface area (Å²) >= 11 is 2.79. The zero-order chi connectivity index (χ0) is 20.5. The van der Waals surface area contributed by atoms with Gasteiger partial charge in [0.25, 0.3) is 0 Å². The third kappa shape index (κ3) is 4.18. The van der Waals surface area contributed by atoms with Crippen molar-refractivity contribution in [2.75, 3.05) is 12.4 Å². The molecule has 1 aliphatic rings. The highest BCUT2D eigenvalue weighted by atomic mass is 32.2. The summed E-state index contributed by atoms with van der Waals surface area (Å²) in [6.07, 6.45) is 0.0969. The molecule has 1 atom stereocenters. The molecular weight excluding hydrogens is 404 g/mol. The highest BCUT2D eigenvalue weighted by molar-refractivity contribution is 8.15. The maximum atomic E-state index is 12.6. The number of aliphatic imine (C=N–C) groups is 1. The summed E-state index contributed by atoms with van der Waals surface area (Å²) in [7, 11) is 1.68. The van der Waals surface area contributed by atoms with Gasteiger partial charge in [0.1, 0.15) is 5.25 Å². The summed E-state index contributed by atoms with van der Waals surface area (Å²) in [5.41, 5.74) is 3.91. The van der Waals surface area contributed by atoms with E-state index >= 15 is 0 Å². The molecular formula is C21H20N4O2S2. The number of thioether (sulfide) groups is 1. The molecule has 1 fully saturated rings. The number of amides is 2. The molecule has 2 heterocycles. The van der Waals surface area contributed by atoms with Gasteiger partial charge in [0.15, 0.2) is 5.17 Å². The normalized spacial score (nSPS) is 18.0. The zero-order valence-corrected chi connectivity index (χ0v) is 17.9. The van der Waals surface area contributed by atoms with E-state index < -0.39 is 5.25 Å². The number of carbonyl (C=O) groups is 2. The minimum absolute atomic E-state index is 0.0969. The lowest BCUT2D eigenvalue weighted by Crippen LogP contribution is -2.30. The molecule has 29 heavy (non-hydrogen) atoms. The van der Waals surface area contributed by atoms with E-state index in [0.29, 0.717) is 10.3 Å². The summed E-state index contributed by atoms with van der Waals surface area (Å²) in [5, 5.41) is 3.57. The summed E-state index contributed by atoms with van der Waals surface area (Å²) in [6.45, 7) is 4.03. The van der Waals surface area contributed by atoms with Crippen LogP contribution in [0.3, 0.4) is 0 Å². The van der Waals surface area contributed by atoms with Gasteiger partial charge in [0.2, 0.25) is 16.9 Å². The molecule has 148 valence electrons. The summed E-state index contributed by atoms with van der Waals surface area (Å²) in [6, 6.07) is 13.6. The van der Waals surface area contributed by atoms with Crippen LogP contribution in [0.5, 0.6) is 0 Å². The van der Waals surface area contributed by atoms with E-state index in [-0.39, 0.29) is 18.2 Å². The molecule has 0 saturated carbocycles. The Morgan fingerprint density at radius 1 is 1.21 bits per heavy atom. The van der Waals surface area contributed by atoms with E-state index in [0.717, 1.165) is 21.5 Å². The van der Waals surface area contributed by atoms with Gasteiger partial charge in [-0.15, -0.1) is 0 Å². The van der Waals surface area contributed by atoms with Gasteiger partial charge < -0.3 is 5.32 Å². The Kier molecular flexibility index (Phi) is 5.38. The molecule has 0 unspecified atom stereocenters. The van der Waals surface area contributed by atoms with E-state index in [9.17, 15) is 9.59 Å². The van der Waals surface area contributed by atoms with Crippen LogP contribution in [0.2, 0.25) is 0 Å². The van der Waals surface area contributed by atoms with Crippen molar-refractivity contribution in [2.24, 2.45) is 4.99 Å². The third-order valence-corrected chi connectivity index (χ3v) is 6.94. The molecule has 1 saturated heterocycles. The second-order valence-corrected chi connectivity index (χ2v) is 9.09. The van der Waals surface area contributed by atoms with Crippen molar-refractivity contribution in [1.29, 1.82) is 0 Å². The van der Waals surface area contributed by atoms with Gasteiger partial charge in [-0.3, -0.25) is 14.5 Å². The second-order valence-electron chi connectivity index (χ2n) is 6.91. The molecule has 3 aromatic rings. The Hall–Kier alpha value is -2.71. The molecule has 4 rings (SSSR count). The number of nitrogens with zero attached hydrogens (tertiary/aromatic N) is 3. The quantitative estimate of drug-likeness (QED) is 0.669. The summed E-state index contributed by atoms with van der Waals surface area (Å²) in [5.74, 6) is -0.307. The number of nitrogens with one attached hydrogen (secondary N) is 1. The summed E-state index contributed by atoms with van der Waals surface area (Å²) < 4.78 is 1.05. The topological polar surface area (TPSA) is 74.7 Å². The van der Waals surface area contributed by atoms with E-state index in [1.165, 1.54) is 33.6 Å². The van der Waals surface area contributed by atoms with Gasteiger partial charge in [-0.2, -0.15) is 4.99 Å². The van der Waals surface area contributed by atoms with Gasteiger partial charge in [0, 0.05) is 19.2 Å². The second kappa shape index (κ2) is 7.96. The molecule has 0 bridgehead atoms. The number of fused-ring (bicyclic) bond motifs is 1. The molecule has 8 heteroatoms. The predicted molar refractivity (Wildman–Crippen MR) is 120 cm³/mol. The largest absolute Gasteiger partial charge is 0.326 e. The van der Waals surface area contributed by atoms with Crippen molar-refractivity contribution < 1.29 is 9.59 Å². The van der Waals surface area contributed by atoms with Crippen LogP contribution >= 0.6 is 23.1 Å². The fourth-order valence-electron chi connectivity index (χ4n) is 2.99. The maximum absolute atomic E-state index is 12.6. The van der Waals surface area contributed by atoms with Crippen molar-refractivity contribution in [2.45, 2.75) is 25.5 Å². The standard InChI is InChI=1S/C21H20N4O2S2/c1-12-8-9-14(10-13(12)2)22-18(26)11-17-19(27)25(3)21(29-17)24-20-23-15-6-4-5-7-16(15)28-20/h4-10,17H,11H2,1-3H3,(H,22,26)/t17-/m1/s1. The molecule has 0 aliphatic carbocycles. The van der Waals surface area contributed by atoms with E-state index in [1.54, 1.807) is 7.05 Å². The minimum atomic E-state index is -0.486. The Morgan fingerprint density at radius 2 is 2.00 bits per heavy atom. The zero-order valence-electron chi connectivity index (χ0n) is 16.3. The number of carbonyl (C=O) groups excluding carboxylic acids is 2. The van der Waals surface area contributed by atoms with Crippen molar-refractivity contribution in [3.05, 3.63) is 53.6 Å².